The number of amides is 4. The lowest BCUT2D eigenvalue weighted by Gasteiger charge is -2.15. The minimum absolute atomic E-state index is 0.107. The lowest BCUT2D eigenvalue weighted by atomic mass is 10.1. The smallest absolute Gasteiger partial charge is 0.269 e. The molecule has 1 aliphatic rings. The van der Waals surface area contributed by atoms with Crippen molar-refractivity contribution in [3.63, 3.8) is 0 Å². The predicted molar refractivity (Wildman–Crippen MR) is 144 cm³/mol. The van der Waals surface area contributed by atoms with Gasteiger partial charge >= 0.3 is 0 Å². The summed E-state index contributed by atoms with van der Waals surface area (Å²) >= 11 is 0. The first-order chi connectivity index (χ1) is 18.7. The van der Waals surface area contributed by atoms with Crippen molar-refractivity contribution in [1.29, 1.82) is 0 Å². The van der Waals surface area contributed by atoms with Gasteiger partial charge in [-0.1, -0.05) is 24.3 Å². The highest BCUT2D eigenvalue weighted by molar-refractivity contribution is 6.34. The van der Waals surface area contributed by atoms with E-state index in [2.05, 4.69) is 10.6 Å². The fraction of sp³-hybridized carbons (Fsp3) is 0.0345. The van der Waals surface area contributed by atoms with E-state index >= 15 is 0 Å². The molecule has 0 atom stereocenters. The number of hydrogen-bond donors (Lipinski definition) is 2. The molecule has 0 saturated heterocycles. The van der Waals surface area contributed by atoms with Crippen LogP contribution in [0, 0.1) is 17.0 Å². The van der Waals surface area contributed by atoms with Crippen molar-refractivity contribution in [2.75, 3.05) is 15.5 Å². The van der Waals surface area contributed by atoms with E-state index in [9.17, 15) is 29.3 Å². The first-order valence-electron chi connectivity index (χ1n) is 11.8. The van der Waals surface area contributed by atoms with Gasteiger partial charge in [-0.2, -0.15) is 0 Å². The van der Waals surface area contributed by atoms with Gasteiger partial charge in [-0.25, -0.2) is 4.90 Å². The van der Waals surface area contributed by atoms with Crippen molar-refractivity contribution >= 4 is 46.4 Å². The Bertz CT molecular complexity index is 1680. The Labute approximate surface area is 222 Å². The summed E-state index contributed by atoms with van der Waals surface area (Å²) in [4.78, 5) is 63.0. The Morgan fingerprint density at radius 1 is 0.744 bits per heavy atom. The van der Waals surface area contributed by atoms with Gasteiger partial charge in [-0.3, -0.25) is 29.3 Å². The van der Waals surface area contributed by atoms with Crippen LogP contribution in [0.4, 0.5) is 22.7 Å². The number of anilines is 3. The lowest BCUT2D eigenvalue weighted by molar-refractivity contribution is -0.384. The standard InChI is InChI=1S/C29H20N4O6/c1-17-5-2-3-8-23(17)27(35)31-19-6-4-7-22(15-19)32-28(36)24-14-11-20(16-25(24)29(32)37)30-26(34)18-9-12-21(13-10-18)33(38)39/h2-16H,1H3,(H,30,34)(H,31,35). The number of aryl methyl sites for hydroxylation is 1. The second kappa shape index (κ2) is 10.0. The van der Waals surface area contributed by atoms with Crippen molar-refractivity contribution in [3.8, 4) is 0 Å². The molecule has 0 fully saturated rings. The van der Waals surface area contributed by atoms with Gasteiger partial charge in [-0.15, -0.1) is 0 Å². The molecular weight excluding hydrogens is 500 g/mol. The van der Waals surface area contributed by atoms with Crippen LogP contribution < -0.4 is 15.5 Å². The number of hydrogen-bond acceptors (Lipinski definition) is 6. The average molecular weight is 521 g/mol. The maximum absolute atomic E-state index is 13.3. The fourth-order valence-corrected chi connectivity index (χ4v) is 4.24. The molecule has 192 valence electrons. The van der Waals surface area contributed by atoms with E-state index < -0.39 is 22.6 Å². The van der Waals surface area contributed by atoms with Crippen LogP contribution in [0.5, 0.6) is 0 Å². The second-order valence-electron chi connectivity index (χ2n) is 8.78. The van der Waals surface area contributed by atoms with Crippen molar-refractivity contribution in [3.05, 3.63) is 129 Å². The zero-order chi connectivity index (χ0) is 27.7. The first kappa shape index (κ1) is 25.0. The normalized spacial score (nSPS) is 12.2. The van der Waals surface area contributed by atoms with E-state index in [1.54, 1.807) is 30.3 Å². The maximum Gasteiger partial charge on any atom is 0.269 e. The molecule has 4 aromatic carbocycles. The van der Waals surface area contributed by atoms with E-state index in [0.29, 0.717) is 11.3 Å². The summed E-state index contributed by atoms with van der Waals surface area (Å²) in [6.45, 7) is 1.83. The molecule has 10 heteroatoms. The number of non-ortho nitro benzene ring substituents is 1. The molecule has 4 aromatic rings. The van der Waals surface area contributed by atoms with Gasteiger partial charge in [0.05, 0.1) is 21.7 Å². The van der Waals surface area contributed by atoms with Crippen LogP contribution in [0.15, 0.2) is 91.0 Å². The van der Waals surface area contributed by atoms with E-state index in [4.69, 9.17) is 0 Å². The topological polar surface area (TPSA) is 139 Å². The Hall–Kier alpha value is -5.64. The number of carbonyl (C=O) groups is 4. The van der Waals surface area contributed by atoms with Crippen LogP contribution in [0.25, 0.3) is 0 Å². The molecule has 2 N–H and O–H groups in total. The van der Waals surface area contributed by atoms with Gasteiger partial charge in [0.15, 0.2) is 0 Å². The summed E-state index contributed by atoms with van der Waals surface area (Å²) in [5.41, 5.74) is 2.60. The van der Waals surface area contributed by atoms with E-state index in [1.807, 2.05) is 19.1 Å². The SMILES string of the molecule is Cc1ccccc1C(=O)Nc1cccc(N2C(=O)c3ccc(NC(=O)c4ccc([N+](=O)[O-])cc4)cc3C2=O)c1. The van der Waals surface area contributed by atoms with Crippen LogP contribution in [0.2, 0.25) is 0 Å². The minimum Gasteiger partial charge on any atom is -0.322 e. The molecule has 1 heterocycles. The highest BCUT2D eigenvalue weighted by atomic mass is 16.6. The summed E-state index contributed by atoms with van der Waals surface area (Å²) in [5, 5.41) is 16.3. The predicted octanol–water partition coefficient (Wildman–Crippen LogP) is 5.21. The Morgan fingerprint density at radius 3 is 2.13 bits per heavy atom. The highest BCUT2D eigenvalue weighted by Crippen LogP contribution is 2.32. The third kappa shape index (κ3) is 4.86. The maximum atomic E-state index is 13.3. The zero-order valence-electron chi connectivity index (χ0n) is 20.5. The fourth-order valence-electron chi connectivity index (χ4n) is 4.24. The number of imide groups is 1. The van der Waals surface area contributed by atoms with Crippen LogP contribution in [0.1, 0.15) is 47.0 Å². The van der Waals surface area contributed by atoms with Gasteiger partial charge in [0.25, 0.3) is 29.3 Å². The number of nitrogens with one attached hydrogen (secondary N) is 2. The van der Waals surface area contributed by atoms with Gasteiger partial charge in [-0.05, 0) is 67.1 Å². The number of nitrogens with zero attached hydrogens (tertiary/aromatic N) is 2. The van der Waals surface area contributed by atoms with Gasteiger partial charge in [0.2, 0.25) is 0 Å². The third-order valence-corrected chi connectivity index (χ3v) is 6.24. The average Bonchev–Trinajstić information content (AvgIpc) is 3.18. The molecule has 0 unspecified atom stereocenters. The van der Waals surface area contributed by atoms with Crippen molar-refractivity contribution < 1.29 is 24.1 Å². The summed E-state index contributed by atoms with van der Waals surface area (Å²) < 4.78 is 0. The number of carbonyl (C=O) groups excluding carboxylic acids is 4. The van der Waals surface area contributed by atoms with Crippen LogP contribution in [-0.4, -0.2) is 28.6 Å². The quantitative estimate of drug-likeness (QED) is 0.203. The number of rotatable bonds is 6. The summed E-state index contributed by atoms with van der Waals surface area (Å²) in [6, 6.07) is 23.0. The number of benzene rings is 4. The molecule has 1 aliphatic heterocycles. The van der Waals surface area contributed by atoms with Crippen molar-refractivity contribution in [1.82, 2.24) is 0 Å². The van der Waals surface area contributed by atoms with Crippen LogP contribution in [-0.2, 0) is 0 Å². The summed E-state index contributed by atoms with van der Waals surface area (Å²) in [5.74, 6) is -1.97. The van der Waals surface area contributed by atoms with E-state index in [1.165, 1.54) is 48.5 Å². The van der Waals surface area contributed by atoms with Crippen molar-refractivity contribution in [2.45, 2.75) is 6.92 Å². The van der Waals surface area contributed by atoms with Crippen molar-refractivity contribution in [2.24, 2.45) is 0 Å². The molecule has 10 nitrogen and oxygen atoms in total. The number of fused-ring (bicyclic) bond motifs is 1. The van der Waals surface area contributed by atoms with Gasteiger partial charge in [0, 0.05) is 34.6 Å². The molecule has 0 saturated carbocycles. The first-order valence-corrected chi connectivity index (χ1v) is 11.8. The van der Waals surface area contributed by atoms with Gasteiger partial charge in [0.1, 0.15) is 0 Å². The van der Waals surface area contributed by atoms with E-state index in [-0.39, 0.29) is 39.7 Å². The summed E-state index contributed by atoms with van der Waals surface area (Å²) in [7, 11) is 0. The van der Waals surface area contributed by atoms with Crippen LogP contribution >= 0.6 is 0 Å². The Kier molecular flexibility index (Phi) is 6.43. The molecule has 0 spiro atoms. The van der Waals surface area contributed by atoms with E-state index in [0.717, 1.165) is 10.5 Å². The molecular formula is C29H20N4O6. The molecule has 0 aliphatic carbocycles. The lowest BCUT2D eigenvalue weighted by Crippen LogP contribution is -2.29. The molecule has 5 rings (SSSR count). The monoisotopic (exact) mass is 520 g/mol. The molecule has 4 amide bonds. The second-order valence-corrected chi connectivity index (χ2v) is 8.78. The Morgan fingerprint density at radius 2 is 1.41 bits per heavy atom. The highest BCUT2D eigenvalue weighted by Gasteiger charge is 2.37. The molecule has 0 bridgehead atoms. The van der Waals surface area contributed by atoms with Crippen LogP contribution in [0.3, 0.4) is 0 Å². The van der Waals surface area contributed by atoms with Gasteiger partial charge < -0.3 is 10.6 Å². The minimum atomic E-state index is -0.580. The third-order valence-electron chi connectivity index (χ3n) is 6.24. The Balaban J connectivity index is 1.34. The molecule has 39 heavy (non-hydrogen) atoms. The number of nitro groups is 1. The number of nitro benzene ring substituents is 1. The summed E-state index contributed by atoms with van der Waals surface area (Å²) in [6.07, 6.45) is 0. The molecule has 0 aromatic heterocycles. The largest absolute Gasteiger partial charge is 0.322 e. The zero-order valence-corrected chi connectivity index (χ0v) is 20.5. The molecule has 0 radical (unpaired) electrons.